The van der Waals surface area contributed by atoms with Gasteiger partial charge in [-0.25, -0.2) is 9.78 Å². The minimum atomic E-state index is -0.741. The third-order valence-corrected chi connectivity index (χ3v) is 4.96. The van der Waals surface area contributed by atoms with Crippen LogP contribution in [0.15, 0.2) is 48.5 Å². The number of benzene rings is 2. The molecule has 0 unspecified atom stereocenters. The predicted molar refractivity (Wildman–Crippen MR) is 107 cm³/mol. The molecule has 0 bridgehead atoms. The highest BCUT2D eigenvalue weighted by atomic mass is 16.6. The van der Waals surface area contributed by atoms with Crippen LogP contribution in [0.3, 0.4) is 0 Å². The van der Waals surface area contributed by atoms with Crippen molar-refractivity contribution in [2.75, 3.05) is 13.7 Å². The van der Waals surface area contributed by atoms with E-state index in [-0.39, 0.29) is 16.8 Å². The number of nitrogens with zero attached hydrogens (tertiary/aromatic N) is 3. The Kier molecular flexibility index (Phi) is 5.01. The number of H-pyrrole nitrogens is 1. The Morgan fingerprint density at radius 3 is 2.60 bits per heavy atom. The second-order valence-electron chi connectivity index (χ2n) is 6.87. The quantitative estimate of drug-likeness (QED) is 0.404. The average molecular weight is 406 g/mol. The minimum Gasteiger partial charge on any atom is -0.465 e. The van der Waals surface area contributed by atoms with Crippen molar-refractivity contribution in [2.24, 2.45) is 0 Å². The first-order chi connectivity index (χ1) is 14.5. The first-order valence-corrected chi connectivity index (χ1v) is 9.26. The third-order valence-electron chi connectivity index (χ3n) is 4.96. The molecule has 9 nitrogen and oxygen atoms in total. The zero-order valence-corrected chi connectivity index (χ0v) is 16.1. The fraction of sp³-hybridized carbons (Fsp3) is 0.190. The molecule has 0 spiro atoms. The molecule has 0 atom stereocenters. The van der Waals surface area contributed by atoms with Gasteiger partial charge >= 0.3 is 5.97 Å². The summed E-state index contributed by atoms with van der Waals surface area (Å²) in [5.41, 5.74) is 2.36. The second-order valence-corrected chi connectivity index (χ2v) is 6.87. The largest absolute Gasteiger partial charge is 0.465 e. The molecule has 2 aromatic carbocycles. The maximum Gasteiger partial charge on any atom is 0.338 e. The number of imidazole rings is 1. The Morgan fingerprint density at radius 1 is 1.17 bits per heavy atom. The van der Waals surface area contributed by atoms with Crippen LogP contribution in [-0.4, -0.2) is 45.3 Å². The van der Waals surface area contributed by atoms with E-state index < -0.39 is 16.8 Å². The summed E-state index contributed by atoms with van der Waals surface area (Å²) >= 11 is 0. The van der Waals surface area contributed by atoms with E-state index in [0.717, 1.165) is 28.8 Å². The summed E-state index contributed by atoms with van der Waals surface area (Å²) in [7, 11) is 1.18. The highest BCUT2D eigenvalue weighted by Gasteiger charge is 2.27. The van der Waals surface area contributed by atoms with Crippen LogP contribution in [0, 0.1) is 10.1 Å². The van der Waals surface area contributed by atoms with Gasteiger partial charge in [0, 0.05) is 36.2 Å². The van der Waals surface area contributed by atoms with E-state index in [1.807, 2.05) is 30.3 Å². The Bertz CT molecular complexity index is 1140. The number of hydrogen-bond acceptors (Lipinski definition) is 6. The van der Waals surface area contributed by atoms with Crippen molar-refractivity contribution in [1.29, 1.82) is 0 Å². The van der Waals surface area contributed by atoms with Crippen molar-refractivity contribution in [3.8, 4) is 11.4 Å². The normalized spacial score (nSPS) is 12.9. The van der Waals surface area contributed by atoms with Gasteiger partial charge in [0.05, 0.1) is 35.5 Å². The van der Waals surface area contributed by atoms with Crippen LogP contribution < -0.4 is 0 Å². The third kappa shape index (κ3) is 3.64. The summed E-state index contributed by atoms with van der Waals surface area (Å²) in [6, 6.07) is 13.3. The van der Waals surface area contributed by atoms with Gasteiger partial charge in [-0.1, -0.05) is 30.3 Å². The van der Waals surface area contributed by atoms with E-state index in [0.29, 0.717) is 19.5 Å². The maximum atomic E-state index is 13.0. The van der Waals surface area contributed by atoms with E-state index in [4.69, 9.17) is 0 Å². The summed E-state index contributed by atoms with van der Waals surface area (Å²) in [6.45, 7) is 0.714. The number of rotatable bonds is 4. The number of carbonyl (C=O) groups is 2. The molecular formula is C21H18N4O5. The summed E-state index contributed by atoms with van der Waals surface area (Å²) in [6.07, 6.45) is 0.559. The Hall–Kier alpha value is -4.01. The van der Waals surface area contributed by atoms with E-state index >= 15 is 0 Å². The van der Waals surface area contributed by atoms with Gasteiger partial charge in [0.25, 0.3) is 11.6 Å². The van der Waals surface area contributed by atoms with Gasteiger partial charge in [0.1, 0.15) is 5.82 Å². The lowest BCUT2D eigenvalue weighted by Crippen LogP contribution is -2.36. The highest BCUT2D eigenvalue weighted by Crippen LogP contribution is 2.25. The molecule has 0 saturated heterocycles. The molecule has 0 aliphatic carbocycles. The molecule has 1 aliphatic heterocycles. The standard InChI is InChI=1S/C21H18N4O5/c1-30-21(27)15-9-14(10-16(11-15)25(28)29)20(26)24-8-7-17-18(12-24)23-19(22-17)13-5-3-2-4-6-13/h2-6,9-11H,7-8,12H2,1H3,(H,22,23). The Labute approximate surface area is 171 Å². The van der Waals surface area contributed by atoms with Gasteiger partial charge in [0.15, 0.2) is 0 Å². The molecule has 0 radical (unpaired) electrons. The van der Waals surface area contributed by atoms with Crippen molar-refractivity contribution < 1.29 is 19.2 Å². The fourth-order valence-corrected chi connectivity index (χ4v) is 3.46. The summed E-state index contributed by atoms with van der Waals surface area (Å²) in [5, 5.41) is 11.2. The van der Waals surface area contributed by atoms with Crippen LogP contribution in [0.5, 0.6) is 0 Å². The average Bonchev–Trinajstić information content (AvgIpc) is 3.21. The molecule has 0 saturated carbocycles. The number of fused-ring (bicyclic) bond motifs is 1. The molecule has 1 amide bonds. The second kappa shape index (κ2) is 7.78. The minimum absolute atomic E-state index is 0.0411. The van der Waals surface area contributed by atoms with Gasteiger partial charge in [-0.05, 0) is 6.07 Å². The van der Waals surface area contributed by atoms with Gasteiger partial charge in [-0.3, -0.25) is 14.9 Å². The maximum absolute atomic E-state index is 13.0. The van der Waals surface area contributed by atoms with E-state index in [2.05, 4.69) is 14.7 Å². The van der Waals surface area contributed by atoms with Crippen LogP contribution in [0.2, 0.25) is 0 Å². The number of hydrogen-bond donors (Lipinski definition) is 1. The van der Waals surface area contributed by atoms with E-state index in [1.54, 1.807) is 4.90 Å². The van der Waals surface area contributed by atoms with Crippen molar-refractivity contribution >= 4 is 17.6 Å². The zero-order valence-electron chi connectivity index (χ0n) is 16.1. The molecule has 0 fully saturated rings. The molecular weight excluding hydrogens is 388 g/mol. The van der Waals surface area contributed by atoms with Crippen LogP contribution in [0.25, 0.3) is 11.4 Å². The molecule has 2 heterocycles. The predicted octanol–water partition coefficient (Wildman–Crippen LogP) is 2.97. The number of aromatic nitrogens is 2. The first kappa shape index (κ1) is 19.3. The lowest BCUT2D eigenvalue weighted by molar-refractivity contribution is -0.384. The van der Waals surface area contributed by atoms with Gasteiger partial charge < -0.3 is 14.6 Å². The van der Waals surface area contributed by atoms with E-state index in [9.17, 15) is 19.7 Å². The fourth-order valence-electron chi connectivity index (χ4n) is 3.46. The summed E-state index contributed by atoms with van der Waals surface area (Å²) in [4.78, 5) is 45.0. The number of methoxy groups -OCH3 is 1. The number of nitro benzene ring substituents is 1. The monoisotopic (exact) mass is 406 g/mol. The SMILES string of the molecule is COC(=O)c1cc(C(=O)N2CCc3nc(-c4ccccc4)[nH]c3C2)cc([N+](=O)[O-])c1. The van der Waals surface area contributed by atoms with Gasteiger partial charge in [-0.15, -0.1) is 0 Å². The molecule has 1 aromatic heterocycles. The van der Waals surface area contributed by atoms with Gasteiger partial charge in [-0.2, -0.15) is 0 Å². The lowest BCUT2D eigenvalue weighted by Gasteiger charge is -2.26. The Balaban J connectivity index is 1.61. The smallest absolute Gasteiger partial charge is 0.338 e. The number of amides is 1. The van der Waals surface area contributed by atoms with Crippen LogP contribution in [-0.2, 0) is 17.7 Å². The molecule has 152 valence electrons. The zero-order chi connectivity index (χ0) is 21.3. The van der Waals surface area contributed by atoms with Crippen LogP contribution in [0.1, 0.15) is 32.1 Å². The molecule has 30 heavy (non-hydrogen) atoms. The lowest BCUT2D eigenvalue weighted by atomic mass is 10.1. The summed E-state index contributed by atoms with van der Waals surface area (Å²) in [5.74, 6) is -0.404. The number of aromatic amines is 1. The number of nitrogens with one attached hydrogen (secondary N) is 1. The molecule has 1 aliphatic rings. The summed E-state index contributed by atoms with van der Waals surface area (Å²) < 4.78 is 4.64. The van der Waals surface area contributed by atoms with Crippen LogP contribution >= 0.6 is 0 Å². The highest BCUT2D eigenvalue weighted by molar-refractivity contribution is 5.99. The number of carbonyl (C=O) groups excluding carboxylic acids is 2. The molecule has 4 rings (SSSR count). The number of non-ortho nitro benzene ring substituents is 1. The Morgan fingerprint density at radius 2 is 1.90 bits per heavy atom. The number of nitro groups is 1. The molecule has 1 N–H and O–H groups in total. The van der Waals surface area contributed by atoms with Crippen molar-refractivity contribution in [3.05, 3.63) is 81.2 Å². The number of esters is 1. The van der Waals surface area contributed by atoms with Gasteiger partial charge in [0.2, 0.25) is 0 Å². The first-order valence-electron chi connectivity index (χ1n) is 9.26. The van der Waals surface area contributed by atoms with Crippen molar-refractivity contribution in [1.82, 2.24) is 14.9 Å². The number of ether oxygens (including phenoxy) is 1. The van der Waals surface area contributed by atoms with E-state index in [1.165, 1.54) is 19.2 Å². The molecule has 3 aromatic rings. The topological polar surface area (TPSA) is 118 Å². The molecule has 9 heteroatoms. The van der Waals surface area contributed by atoms with Crippen molar-refractivity contribution in [3.63, 3.8) is 0 Å². The van der Waals surface area contributed by atoms with Crippen molar-refractivity contribution in [2.45, 2.75) is 13.0 Å². The van der Waals surface area contributed by atoms with Crippen LogP contribution in [0.4, 0.5) is 5.69 Å².